The summed E-state index contributed by atoms with van der Waals surface area (Å²) in [4.78, 5) is 27.0. The molecule has 0 atom stereocenters. The molecule has 0 aromatic carbocycles. The third-order valence-electron chi connectivity index (χ3n) is 4.92. The molecule has 0 bridgehead atoms. The number of H-pyrrole nitrogens is 1. The molecule has 1 fully saturated rings. The van der Waals surface area contributed by atoms with Gasteiger partial charge in [-0.2, -0.15) is 0 Å². The Balaban J connectivity index is 1.57. The number of imidazole rings is 1. The van der Waals surface area contributed by atoms with Crippen LogP contribution in [0.2, 0.25) is 0 Å². The van der Waals surface area contributed by atoms with Crippen molar-refractivity contribution in [1.29, 1.82) is 0 Å². The van der Waals surface area contributed by atoms with Gasteiger partial charge in [0.05, 0.1) is 11.3 Å². The summed E-state index contributed by atoms with van der Waals surface area (Å²) in [5.74, 6) is 0.910. The molecule has 7 nitrogen and oxygen atoms in total. The summed E-state index contributed by atoms with van der Waals surface area (Å²) in [6, 6.07) is 11.6. The molecule has 2 aromatic rings. The summed E-state index contributed by atoms with van der Waals surface area (Å²) < 4.78 is 3.99. The van der Waals surface area contributed by atoms with E-state index in [4.69, 9.17) is 4.98 Å². The Morgan fingerprint density at radius 1 is 1.07 bits per heavy atom. The van der Waals surface area contributed by atoms with Crippen LogP contribution in [0.1, 0.15) is 0 Å². The molecule has 136 valence electrons. The molecule has 2 aliphatic heterocycles. The molecule has 2 aromatic heterocycles. The maximum atomic E-state index is 12.5. The monoisotopic (exact) mass is 424 g/mol. The van der Waals surface area contributed by atoms with Gasteiger partial charge in [-0.3, -0.25) is 9.20 Å². The van der Waals surface area contributed by atoms with Crippen molar-refractivity contribution in [2.24, 2.45) is 0 Å². The number of aromatic nitrogens is 4. The molecule has 0 saturated carbocycles. The lowest BCUT2D eigenvalue weighted by Crippen LogP contribution is -2.42. The Kier molecular flexibility index (Phi) is 3.95. The highest BCUT2D eigenvalue weighted by molar-refractivity contribution is 9.07. The van der Waals surface area contributed by atoms with E-state index in [2.05, 4.69) is 34.9 Å². The quantitative estimate of drug-likeness (QED) is 0.500. The minimum atomic E-state index is -0.124. The van der Waals surface area contributed by atoms with Crippen LogP contribution < -0.4 is 10.5 Å². The largest absolute Gasteiger partial charge is 0.354 e. The molecular weight excluding hydrogens is 408 g/mol. The van der Waals surface area contributed by atoms with Gasteiger partial charge in [-0.15, -0.1) is 0 Å². The van der Waals surface area contributed by atoms with E-state index in [0.29, 0.717) is 11.3 Å². The van der Waals surface area contributed by atoms with Gasteiger partial charge in [0.2, 0.25) is 0 Å². The summed E-state index contributed by atoms with van der Waals surface area (Å²) in [6.45, 7) is 3.70. The average Bonchev–Trinajstić information content (AvgIpc) is 3.13. The van der Waals surface area contributed by atoms with Crippen LogP contribution in [0, 0.1) is 0 Å². The van der Waals surface area contributed by atoms with Gasteiger partial charge in [0.25, 0.3) is 5.56 Å². The van der Waals surface area contributed by atoms with E-state index in [-0.39, 0.29) is 5.56 Å². The molecule has 4 heterocycles. The average molecular weight is 425 g/mol. The van der Waals surface area contributed by atoms with Gasteiger partial charge in [-0.05, 0) is 6.07 Å². The van der Waals surface area contributed by atoms with Crippen molar-refractivity contribution in [1.82, 2.24) is 23.3 Å². The fraction of sp³-hybridized carbons (Fsp3) is 0.211. The molecule has 0 radical (unpaired) electrons. The number of rotatable bonds is 2. The molecule has 1 aliphatic carbocycles. The smallest absolute Gasteiger partial charge is 0.258 e. The van der Waals surface area contributed by atoms with E-state index in [1.807, 2.05) is 47.0 Å². The lowest BCUT2D eigenvalue weighted by molar-refractivity contribution is 0.441. The summed E-state index contributed by atoms with van der Waals surface area (Å²) >= 11 is 3.52. The fourth-order valence-electron chi connectivity index (χ4n) is 3.52. The number of aromatic amines is 1. The Labute approximate surface area is 164 Å². The van der Waals surface area contributed by atoms with Crippen LogP contribution in [-0.4, -0.2) is 49.5 Å². The van der Waals surface area contributed by atoms with E-state index in [1.165, 1.54) is 0 Å². The molecule has 5 rings (SSSR count). The third-order valence-corrected chi connectivity index (χ3v) is 5.63. The number of piperazine rings is 1. The first kappa shape index (κ1) is 16.5. The van der Waals surface area contributed by atoms with Crippen molar-refractivity contribution in [3.8, 4) is 22.5 Å². The van der Waals surface area contributed by atoms with E-state index in [1.54, 1.807) is 6.33 Å². The maximum Gasteiger partial charge on any atom is 0.258 e. The highest BCUT2D eigenvalue weighted by atomic mass is 79.9. The van der Waals surface area contributed by atoms with Crippen LogP contribution in [0.3, 0.4) is 0 Å². The van der Waals surface area contributed by atoms with E-state index in [0.717, 1.165) is 48.9 Å². The SMILES string of the molecule is O=c1[nH]c2cccccc-2c1-c1cn2cnc(N3CCN(Br)CC3)cc2n1. The van der Waals surface area contributed by atoms with Gasteiger partial charge in [0.1, 0.15) is 17.8 Å². The Bertz CT molecular complexity index is 1140. The fourth-order valence-corrected chi connectivity index (χ4v) is 3.84. The molecule has 8 heteroatoms. The van der Waals surface area contributed by atoms with Crippen molar-refractivity contribution >= 4 is 27.6 Å². The molecule has 0 unspecified atom stereocenters. The molecule has 3 aliphatic rings. The van der Waals surface area contributed by atoms with Crippen molar-refractivity contribution in [2.75, 3.05) is 31.1 Å². The summed E-state index contributed by atoms with van der Waals surface area (Å²) in [6.07, 6.45) is 3.63. The molecule has 0 amide bonds. The van der Waals surface area contributed by atoms with E-state index in [9.17, 15) is 4.79 Å². The topological polar surface area (TPSA) is 69.5 Å². The second-order valence-corrected chi connectivity index (χ2v) is 7.61. The third kappa shape index (κ3) is 2.90. The zero-order valence-electron chi connectivity index (χ0n) is 14.5. The van der Waals surface area contributed by atoms with Gasteiger partial charge in [0, 0.05) is 65.8 Å². The van der Waals surface area contributed by atoms with E-state index < -0.39 is 0 Å². The van der Waals surface area contributed by atoms with Crippen molar-refractivity contribution < 1.29 is 0 Å². The first-order valence-corrected chi connectivity index (χ1v) is 9.52. The van der Waals surface area contributed by atoms with Gasteiger partial charge in [0.15, 0.2) is 0 Å². The highest BCUT2D eigenvalue weighted by Gasteiger charge is 2.20. The zero-order chi connectivity index (χ0) is 18.4. The second kappa shape index (κ2) is 6.47. The van der Waals surface area contributed by atoms with Crippen LogP contribution >= 0.6 is 16.1 Å². The lowest BCUT2D eigenvalue weighted by Gasteiger charge is -2.31. The zero-order valence-corrected chi connectivity index (χ0v) is 16.1. The predicted molar refractivity (Wildman–Crippen MR) is 108 cm³/mol. The highest BCUT2D eigenvalue weighted by Crippen LogP contribution is 2.29. The van der Waals surface area contributed by atoms with Gasteiger partial charge in [-0.1, -0.05) is 24.3 Å². The van der Waals surface area contributed by atoms with Crippen molar-refractivity contribution in [3.05, 3.63) is 59.3 Å². The Hall–Kier alpha value is -2.71. The van der Waals surface area contributed by atoms with Crippen molar-refractivity contribution in [2.45, 2.75) is 0 Å². The number of hydrogen-bond acceptors (Lipinski definition) is 5. The first-order valence-electron chi connectivity index (χ1n) is 8.81. The van der Waals surface area contributed by atoms with Crippen LogP contribution in [0.25, 0.3) is 28.2 Å². The standard InChI is InChI=1S/C19H17BrN6O/c20-26-8-6-24(7-9-26)16-10-17-22-15(11-25(17)12-21-16)18-13-4-2-1-3-5-14(13)23-19(18)27/h1-5,10-12H,6-9H2,(H,23,27). The number of nitrogens with zero attached hydrogens (tertiary/aromatic N) is 5. The second-order valence-electron chi connectivity index (χ2n) is 6.60. The number of nitrogens with one attached hydrogen (secondary N) is 1. The summed E-state index contributed by atoms with van der Waals surface area (Å²) in [7, 11) is 0. The number of halogens is 1. The predicted octanol–water partition coefficient (Wildman–Crippen LogP) is 2.62. The van der Waals surface area contributed by atoms with Crippen LogP contribution in [0.5, 0.6) is 0 Å². The normalized spacial score (nSPS) is 15.7. The molecule has 27 heavy (non-hydrogen) atoms. The Morgan fingerprint density at radius 3 is 2.74 bits per heavy atom. The number of fused-ring (bicyclic) bond motifs is 2. The van der Waals surface area contributed by atoms with Crippen molar-refractivity contribution in [3.63, 3.8) is 0 Å². The number of hydrogen-bond donors (Lipinski definition) is 1. The molecular formula is C19H17BrN6O. The minimum Gasteiger partial charge on any atom is -0.354 e. The first-order chi connectivity index (χ1) is 13.2. The number of anilines is 1. The molecule has 0 spiro atoms. The molecule has 1 N–H and O–H groups in total. The van der Waals surface area contributed by atoms with Gasteiger partial charge in [-0.25, -0.2) is 13.9 Å². The summed E-state index contributed by atoms with van der Waals surface area (Å²) in [5, 5.41) is 0. The van der Waals surface area contributed by atoms with Crippen LogP contribution in [-0.2, 0) is 0 Å². The van der Waals surface area contributed by atoms with Gasteiger partial charge >= 0.3 is 0 Å². The van der Waals surface area contributed by atoms with E-state index >= 15 is 0 Å². The lowest BCUT2D eigenvalue weighted by atomic mass is 10.1. The molecule has 1 saturated heterocycles. The van der Waals surface area contributed by atoms with Crippen LogP contribution in [0.15, 0.2) is 53.7 Å². The Morgan fingerprint density at radius 2 is 1.89 bits per heavy atom. The minimum absolute atomic E-state index is 0.124. The van der Waals surface area contributed by atoms with Crippen LogP contribution in [0.4, 0.5) is 5.82 Å². The summed E-state index contributed by atoms with van der Waals surface area (Å²) in [5.41, 5.74) is 3.59. The van der Waals surface area contributed by atoms with Gasteiger partial charge < -0.3 is 9.88 Å². The maximum absolute atomic E-state index is 12.5.